The number of carbonyl (C=O) groups excluding carboxylic acids is 2. The molecule has 1 aliphatic carbocycles. The summed E-state index contributed by atoms with van der Waals surface area (Å²) in [5.41, 5.74) is 0.695. The Morgan fingerprint density at radius 2 is 1.92 bits per heavy atom. The second-order valence-electron chi connectivity index (χ2n) is 7.56. The molecule has 0 spiro atoms. The second kappa shape index (κ2) is 9.15. The van der Waals surface area contributed by atoms with Crippen molar-refractivity contribution in [3.63, 3.8) is 0 Å². The van der Waals surface area contributed by atoms with E-state index < -0.39 is 0 Å². The molecule has 2 fully saturated rings. The number of fused-ring (bicyclic) bond motifs is 1. The Labute approximate surface area is 155 Å². The maximum atomic E-state index is 13.5. The number of nitrogens with one attached hydrogen (secondary N) is 1. The lowest BCUT2D eigenvalue weighted by Gasteiger charge is -2.39. The first kappa shape index (κ1) is 18.9. The summed E-state index contributed by atoms with van der Waals surface area (Å²) in [6, 6.07) is 6.22. The Balaban J connectivity index is 1.79. The van der Waals surface area contributed by atoms with Crippen molar-refractivity contribution >= 4 is 11.8 Å². The van der Waals surface area contributed by atoms with Crippen molar-refractivity contribution in [2.45, 2.75) is 63.8 Å². The van der Waals surface area contributed by atoms with Crippen LogP contribution in [0, 0.1) is 11.7 Å². The summed E-state index contributed by atoms with van der Waals surface area (Å²) in [7, 11) is 0. The lowest BCUT2D eigenvalue weighted by molar-refractivity contribution is -0.138. The van der Waals surface area contributed by atoms with Gasteiger partial charge in [-0.1, -0.05) is 37.8 Å². The van der Waals surface area contributed by atoms with E-state index in [9.17, 15) is 14.0 Å². The largest absolute Gasteiger partial charge is 0.356 e. The molecule has 4 nitrogen and oxygen atoms in total. The van der Waals surface area contributed by atoms with Gasteiger partial charge in [0.2, 0.25) is 11.8 Å². The third kappa shape index (κ3) is 4.83. The third-order valence-corrected chi connectivity index (χ3v) is 5.66. The highest BCUT2D eigenvalue weighted by Crippen LogP contribution is 2.30. The van der Waals surface area contributed by atoms with E-state index in [0.717, 1.165) is 57.9 Å². The molecule has 0 unspecified atom stereocenters. The molecule has 3 rings (SSSR count). The lowest BCUT2D eigenvalue weighted by atomic mass is 9.82. The Kier molecular flexibility index (Phi) is 6.64. The molecular weight excluding hydrogens is 331 g/mol. The van der Waals surface area contributed by atoms with E-state index in [2.05, 4.69) is 5.32 Å². The zero-order valence-electron chi connectivity index (χ0n) is 15.4. The van der Waals surface area contributed by atoms with Gasteiger partial charge >= 0.3 is 0 Å². The minimum Gasteiger partial charge on any atom is -0.356 e. The summed E-state index contributed by atoms with van der Waals surface area (Å²) in [5, 5.41) is 3.07. The Morgan fingerprint density at radius 3 is 2.77 bits per heavy atom. The predicted molar refractivity (Wildman–Crippen MR) is 99.0 cm³/mol. The highest BCUT2D eigenvalue weighted by Gasteiger charge is 2.36. The van der Waals surface area contributed by atoms with Crippen molar-refractivity contribution in [2.75, 3.05) is 13.1 Å². The molecule has 1 aliphatic heterocycles. The van der Waals surface area contributed by atoms with Crippen molar-refractivity contribution in [2.24, 2.45) is 5.92 Å². The molecule has 142 valence electrons. The molecule has 0 aromatic heterocycles. The maximum absolute atomic E-state index is 13.5. The van der Waals surface area contributed by atoms with Crippen molar-refractivity contribution in [3.8, 4) is 0 Å². The van der Waals surface area contributed by atoms with E-state index in [1.807, 2.05) is 4.90 Å². The predicted octanol–water partition coefficient (Wildman–Crippen LogP) is 3.45. The van der Waals surface area contributed by atoms with Crippen molar-refractivity contribution in [1.29, 1.82) is 0 Å². The summed E-state index contributed by atoms with van der Waals surface area (Å²) < 4.78 is 13.5. The van der Waals surface area contributed by atoms with Crippen LogP contribution in [0.5, 0.6) is 0 Å². The number of benzene rings is 1. The summed E-state index contributed by atoms with van der Waals surface area (Å²) in [6.45, 7) is 1.43. The molecule has 1 aromatic rings. The quantitative estimate of drug-likeness (QED) is 0.878. The molecule has 0 bridgehead atoms. The number of hydrogen-bond acceptors (Lipinski definition) is 2. The summed E-state index contributed by atoms with van der Waals surface area (Å²) in [5.74, 6) is -0.319. The number of nitrogens with zero attached hydrogens (tertiary/aromatic N) is 1. The van der Waals surface area contributed by atoms with E-state index in [1.54, 1.807) is 12.1 Å². The van der Waals surface area contributed by atoms with Gasteiger partial charge in [0.05, 0.1) is 12.3 Å². The minimum absolute atomic E-state index is 0.0135. The summed E-state index contributed by atoms with van der Waals surface area (Å²) in [4.78, 5) is 27.6. The fraction of sp³-hybridized carbons (Fsp3) is 0.619. The first-order valence-corrected chi connectivity index (χ1v) is 9.97. The van der Waals surface area contributed by atoms with Crippen molar-refractivity contribution < 1.29 is 14.0 Å². The standard InChI is InChI=1S/C21H29FN2O2/c22-17-9-7-8-16(14-17)15-20(25)24-13-6-2-1-5-12-23-21(26)18-10-3-4-11-19(18)24/h7-9,14,18-19H,1-6,10-13,15H2,(H,23,26)/t18-,19+/m1/s1. The van der Waals surface area contributed by atoms with E-state index in [4.69, 9.17) is 0 Å². The van der Waals surface area contributed by atoms with Gasteiger partial charge < -0.3 is 10.2 Å². The van der Waals surface area contributed by atoms with Gasteiger partial charge in [-0.25, -0.2) is 4.39 Å². The summed E-state index contributed by atoms with van der Waals surface area (Å²) in [6.07, 6.45) is 8.12. The minimum atomic E-state index is -0.317. The van der Waals surface area contributed by atoms with Gasteiger partial charge in [0, 0.05) is 19.1 Å². The van der Waals surface area contributed by atoms with Crippen LogP contribution in [0.2, 0.25) is 0 Å². The van der Waals surface area contributed by atoms with Crippen molar-refractivity contribution in [3.05, 3.63) is 35.6 Å². The molecule has 5 heteroatoms. The van der Waals surface area contributed by atoms with E-state index in [1.165, 1.54) is 12.1 Å². The average Bonchev–Trinajstić information content (AvgIpc) is 2.66. The SMILES string of the molecule is O=C1NCCCCCCN(C(=O)Cc2cccc(F)c2)[C@H]2CCCC[C@@H]12. The van der Waals surface area contributed by atoms with Gasteiger partial charge in [0.15, 0.2) is 0 Å². The van der Waals surface area contributed by atoms with Gasteiger partial charge in [-0.05, 0) is 43.4 Å². The normalized spacial score (nSPS) is 25.0. The molecule has 2 atom stereocenters. The molecule has 1 heterocycles. The fourth-order valence-electron chi connectivity index (χ4n) is 4.29. The lowest BCUT2D eigenvalue weighted by Crippen LogP contribution is -2.51. The average molecular weight is 360 g/mol. The van der Waals surface area contributed by atoms with E-state index in [-0.39, 0.29) is 36.0 Å². The van der Waals surface area contributed by atoms with Crippen LogP contribution in [0.4, 0.5) is 4.39 Å². The van der Waals surface area contributed by atoms with Gasteiger partial charge in [-0.2, -0.15) is 0 Å². The molecule has 2 amide bonds. The molecule has 1 saturated carbocycles. The third-order valence-electron chi connectivity index (χ3n) is 5.66. The topological polar surface area (TPSA) is 49.4 Å². The highest BCUT2D eigenvalue weighted by atomic mass is 19.1. The van der Waals surface area contributed by atoms with Crippen LogP contribution in [0.1, 0.15) is 56.9 Å². The zero-order chi connectivity index (χ0) is 18.4. The first-order chi connectivity index (χ1) is 12.6. The number of amides is 2. The monoisotopic (exact) mass is 360 g/mol. The molecular formula is C21H29FN2O2. The number of carbonyl (C=O) groups is 2. The molecule has 1 saturated heterocycles. The maximum Gasteiger partial charge on any atom is 0.227 e. The highest BCUT2D eigenvalue weighted by molar-refractivity contribution is 5.82. The van der Waals surface area contributed by atoms with Crippen LogP contribution in [-0.2, 0) is 16.0 Å². The number of rotatable bonds is 2. The van der Waals surface area contributed by atoms with Gasteiger partial charge in [0.25, 0.3) is 0 Å². The van der Waals surface area contributed by atoms with Crippen LogP contribution >= 0.6 is 0 Å². The summed E-state index contributed by atoms with van der Waals surface area (Å²) >= 11 is 0. The number of halogens is 1. The fourth-order valence-corrected chi connectivity index (χ4v) is 4.29. The van der Waals surface area contributed by atoms with Crippen LogP contribution in [0.25, 0.3) is 0 Å². The van der Waals surface area contributed by atoms with Crippen LogP contribution in [-0.4, -0.2) is 35.8 Å². The van der Waals surface area contributed by atoms with Crippen LogP contribution < -0.4 is 5.32 Å². The number of hydrogen-bond donors (Lipinski definition) is 1. The van der Waals surface area contributed by atoms with E-state index in [0.29, 0.717) is 12.1 Å². The Bertz CT molecular complexity index is 634. The first-order valence-electron chi connectivity index (χ1n) is 9.97. The molecule has 1 aromatic carbocycles. The molecule has 0 radical (unpaired) electrons. The van der Waals surface area contributed by atoms with Crippen LogP contribution in [0.15, 0.2) is 24.3 Å². The Morgan fingerprint density at radius 1 is 1.12 bits per heavy atom. The zero-order valence-corrected chi connectivity index (χ0v) is 15.4. The molecule has 2 aliphatic rings. The second-order valence-corrected chi connectivity index (χ2v) is 7.56. The van der Waals surface area contributed by atoms with Crippen molar-refractivity contribution in [1.82, 2.24) is 10.2 Å². The van der Waals surface area contributed by atoms with Gasteiger partial charge in [-0.3, -0.25) is 9.59 Å². The molecule has 26 heavy (non-hydrogen) atoms. The van der Waals surface area contributed by atoms with Gasteiger partial charge in [-0.15, -0.1) is 0 Å². The Hall–Kier alpha value is -1.91. The van der Waals surface area contributed by atoms with E-state index >= 15 is 0 Å². The van der Waals surface area contributed by atoms with Crippen LogP contribution in [0.3, 0.4) is 0 Å². The van der Waals surface area contributed by atoms with Gasteiger partial charge in [0.1, 0.15) is 5.82 Å². The smallest absolute Gasteiger partial charge is 0.227 e. The molecule has 1 N–H and O–H groups in total.